The van der Waals surface area contributed by atoms with Crippen LogP contribution in [0.5, 0.6) is 0 Å². The topological polar surface area (TPSA) is 0 Å². The number of halogens is 1. The summed E-state index contributed by atoms with van der Waals surface area (Å²) >= 11 is 7.93. The highest BCUT2D eigenvalue weighted by molar-refractivity contribution is 7.99. The van der Waals surface area contributed by atoms with Crippen LogP contribution in [0.25, 0.3) is 0 Å². The molecule has 0 aliphatic heterocycles. The van der Waals surface area contributed by atoms with Crippen molar-refractivity contribution < 1.29 is 0 Å². The summed E-state index contributed by atoms with van der Waals surface area (Å²) in [7, 11) is 0. The number of aryl methyl sites for hydroxylation is 1. The Morgan fingerprint density at radius 1 is 1.06 bits per heavy atom. The summed E-state index contributed by atoms with van der Waals surface area (Å²) in [6, 6.07) is 8.71. The molecule has 0 atom stereocenters. The van der Waals surface area contributed by atoms with Crippen LogP contribution in [0.2, 0.25) is 0 Å². The molecule has 1 aromatic carbocycles. The zero-order valence-corrected chi connectivity index (χ0v) is 11.2. The SMILES string of the molecule is ClCc1ccc(CCSC2CCCC2)cc1. The average molecular weight is 255 g/mol. The molecule has 0 N–H and O–H groups in total. The molecule has 0 amide bonds. The molecule has 2 heteroatoms. The van der Waals surface area contributed by atoms with Crippen molar-refractivity contribution in [1.82, 2.24) is 0 Å². The summed E-state index contributed by atoms with van der Waals surface area (Å²) in [5, 5.41) is 0.946. The van der Waals surface area contributed by atoms with Gasteiger partial charge < -0.3 is 0 Å². The fraction of sp³-hybridized carbons (Fsp3) is 0.571. The van der Waals surface area contributed by atoms with Crippen LogP contribution >= 0.6 is 23.4 Å². The van der Waals surface area contributed by atoms with E-state index in [0.717, 1.165) is 5.25 Å². The molecule has 16 heavy (non-hydrogen) atoms. The van der Waals surface area contributed by atoms with Gasteiger partial charge in [0, 0.05) is 11.1 Å². The number of alkyl halides is 1. The quantitative estimate of drug-likeness (QED) is 0.690. The average Bonchev–Trinajstić information content (AvgIpc) is 2.83. The number of hydrogen-bond acceptors (Lipinski definition) is 1. The van der Waals surface area contributed by atoms with E-state index < -0.39 is 0 Å². The van der Waals surface area contributed by atoms with E-state index in [1.807, 2.05) is 0 Å². The normalized spacial score (nSPS) is 16.8. The molecular formula is C14H19ClS. The van der Waals surface area contributed by atoms with Crippen LogP contribution in [0.3, 0.4) is 0 Å². The second kappa shape index (κ2) is 6.56. The van der Waals surface area contributed by atoms with Gasteiger partial charge in [-0.3, -0.25) is 0 Å². The number of benzene rings is 1. The molecule has 1 aromatic rings. The first-order valence-electron chi connectivity index (χ1n) is 6.14. The Morgan fingerprint density at radius 3 is 2.31 bits per heavy atom. The van der Waals surface area contributed by atoms with Crippen molar-refractivity contribution in [3.8, 4) is 0 Å². The fourth-order valence-electron chi connectivity index (χ4n) is 2.19. The molecule has 0 aromatic heterocycles. The highest BCUT2D eigenvalue weighted by Crippen LogP contribution is 2.29. The van der Waals surface area contributed by atoms with Gasteiger partial charge in [-0.05, 0) is 36.1 Å². The summed E-state index contributed by atoms with van der Waals surface area (Å²) in [5.74, 6) is 1.89. The van der Waals surface area contributed by atoms with Crippen molar-refractivity contribution in [1.29, 1.82) is 0 Å². The van der Waals surface area contributed by atoms with Crippen LogP contribution in [0.15, 0.2) is 24.3 Å². The molecule has 1 fully saturated rings. The molecule has 88 valence electrons. The summed E-state index contributed by atoms with van der Waals surface area (Å²) in [6.45, 7) is 0. The van der Waals surface area contributed by atoms with Crippen LogP contribution in [0.4, 0.5) is 0 Å². The predicted molar refractivity (Wildman–Crippen MR) is 74.4 cm³/mol. The molecule has 2 rings (SSSR count). The van der Waals surface area contributed by atoms with Gasteiger partial charge in [0.15, 0.2) is 0 Å². The number of rotatable bonds is 5. The van der Waals surface area contributed by atoms with Gasteiger partial charge in [0.05, 0.1) is 0 Å². The predicted octanol–water partition coefficient (Wildman–Crippen LogP) is 4.64. The smallest absolute Gasteiger partial charge is 0.0474 e. The summed E-state index contributed by atoms with van der Waals surface area (Å²) in [5.41, 5.74) is 2.66. The van der Waals surface area contributed by atoms with E-state index in [4.69, 9.17) is 11.6 Å². The fourth-order valence-corrected chi connectivity index (χ4v) is 3.73. The van der Waals surface area contributed by atoms with Crippen molar-refractivity contribution in [3.63, 3.8) is 0 Å². The first-order chi connectivity index (χ1) is 7.88. The van der Waals surface area contributed by atoms with E-state index in [1.165, 1.54) is 49.0 Å². The van der Waals surface area contributed by atoms with Gasteiger partial charge >= 0.3 is 0 Å². The Hall–Kier alpha value is -0.140. The molecule has 0 bridgehead atoms. The summed E-state index contributed by atoms with van der Waals surface area (Å²) < 4.78 is 0. The third kappa shape index (κ3) is 3.71. The Bertz CT molecular complexity index is 301. The van der Waals surface area contributed by atoms with Crippen molar-refractivity contribution >= 4 is 23.4 Å². The molecule has 0 unspecified atom stereocenters. The van der Waals surface area contributed by atoms with Gasteiger partial charge in [-0.25, -0.2) is 0 Å². The maximum atomic E-state index is 5.77. The lowest BCUT2D eigenvalue weighted by molar-refractivity contribution is 0.886. The van der Waals surface area contributed by atoms with Crippen LogP contribution in [-0.4, -0.2) is 11.0 Å². The minimum Gasteiger partial charge on any atom is -0.158 e. The Kier molecular flexibility index (Phi) is 5.05. The van der Waals surface area contributed by atoms with Crippen molar-refractivity contribution in [2.75, 3.05) is 5.75 Å². The highest BCUT2D eigenvalue weighted by atomic mass is 35.5. The Morgan fingerprint density at radius 2 is 1.69 bits per heavy atom. The first kappa shape index (κ1) is 12.3. The maximum Gasteiger partial charge on any atom is 0.0474 e. The maximum absolute atomic E-state index is 5.77. The minimum absolute atomic E-state index is 0.622. The third-order valence-corrected chi connectivity index (χ3v) is 4.92. The van der Waals surface area contributed by atoms with Gasteiger partial charge in [-0.1, -0.05) is 37.1 Å². The number of hydrogen-bond donors (Lipinski definition) is 0. The first-order valence-corrected chi connectivity index (χ1v) is 7.72. The third-order valence-electron chi connectivity index (χ3n) is 3.22. The highest BCUT2D eigenvalue weighted by Gasteiger charge is 2.14. The Balaban J connectivity index is 1.71. The summed E-state index contributed by atoms with van der Waals surface area (Å²) in [4.78, 5) is 0. The van der Waals surface area contributed by atoms with Crippen LogP contribution < -0.4 is 0 Å². The van der Waals surface area contributed by atoms with Crippen LogP contribution in [0.1, 0.15) is 36.8 Å². The lowest BCUT2D eigenvalue weighted by Gasteiger charge is -2.08. The van der Waals surface area contributed by atoms with E-state index >= 15 is 0 Å². The van der Waals surface area contributed by atoms with Gasteiger partial charge in [0.1, 0.15) is 0 Å². The number of thioether (sulfide) groups is 1. The lowest BCUT2D eigenvalue weighted by atomic mass is 10.1. The van der Waals surface area contributed by atoms with Crippen molar-refractivity contribution in [3.05, 3.63) is 35.4 Å². The van der Waals surface area contributed by atoms with E-state index in [9.17, 15) is 0 Å². The molecule has 1 saturated carbocycles. The van der Waals surface area contributed by atoms with Gasteiger partial charge in [-0.2, -0.15) is 11.8 Å². The zero-order chi connectivity index (χ0) is 11.2. The van der Waals surface area contributed by atoms with E-state index in [0.29, 0.717) is 5.88 Å². The largest absolute Gasteiger partial charge is 0.158 e. The molecule has 0 heterocycles. The zero-order valence-electron chi connectivity index (χ0n) is 9.62. The minimum atomic E-state index is 0.622. The van der Waals surface area contributed by atoms with Gasteiger partial charge in [0.2, 0.25) is 0 Å². The van der Waals surface area contributed by atoms with E-state index in [2.05, 4.69) is 36.0 Å². The van der Waals surface area contributed by atoms with Crippen LogP contribution in [-0.2, 0) is 12.3 Å². The van der Waals surface area contributed by atoms with E-state index in [1.54, 1.807) is 0 Å². The lowest BCUT2D eigenvalue weighted by Crippen LogP contribution is -1.98. The summed E-state index contributed by atoms with van der Waals surface area (Å²) in [6.07, 6.45) is 6.97. The van der Waals surface area contributed by atoms with Gasteiger partial charge in [-0.15, -0.1) is 11.6 Å². The molecule has 0 saturated heterocycles. The molecule has 0 radical (unpaired) electrons. The Labute approximate surface area is 108 Å². The molecule has 1 aliphatic carbocycles. The standard InChI is InChI=1S/C14H19ClS/c15-11-13-7-5-12(6-8-13)9-10-16-14-3-1-2-4-14/h5-8,14H,1-4,9-11H2. The molecule has 1 aliphatic rings. The van der Waals surface area contributed by atoms with Gasteiger partial charge in [0.25, 0.3) is 0 Å². The molecular weight excluding hydrogens is 236 g/mol. The molecule has 0 nitrogen and oxygen atoms in total. The van der Waals surface area contributed by atoms with Crippen molar-refractivity contribution in [2.24, 2.45) is 0 Å². The van der Waals surface area contributed by atoms with Crippen LogP contribution in [0, 0.1) is 0 Å². The van der Waals surface area contributed by atoms with Crippen molar-refractivity contribution in [2.45, 2.75) is 43.2 Å². The second-order valence-electron chi connectivity index (χ2n) is 4.48. The molecule has 0 spiro atoms. The second-order valence-corrected chi connectivity index (χ2v) is 6.15. The monoisotopic (exact) mass is 254 g/mol. The van der Waals surface area contributed by atoms with E-state index in [-0.39, 0.29) is 0 Å².